The van der Waals surface area contributed by atoms with E-state index in [4.69, 9.17) is 0 Å². The molecule has 2 saturated heterocycles. The molecule has 4 heteroatoms. The number of likely N-dealkylation sites (tertiary alicyclic amines) is 1. The van der Waals surface area contributed by atoms with Crippen LogP contribution >= 0.6 is 27.3 Å². The van der Waals surface area contributed by atoms with Crippen molar-refractivity contribution in [2.75, 3.05) is 26.2 Å². The van der Waals surface area contributed by atoms with E-state index in [-0.39, 0.29) is 0 Å². The van der Waals surface area contributed by atoms with Crippen LogP contribution in [0.5, 0.6) is 0 Å². The van der Waals surface area contributed by atoms with Crippen LogP contribution in [0.4, 0.5) is 0 Å². The first-order chi connectivity index (χ1) is 8.76. The molecule has 100 valence electrons. The molecular weight excluding hydrogens is 308 g/mol. The predicted octanol–water partition coefficient (Wildman–Crippen LogP) is 3.48. The maximum atomic E-state index is 3.60. The van der Waals surface area contributed by atoms with E-state index >= 15 is 0 Å². The maximum absolute atomic E-state index is 3.60. The summed E-state index contributed by atoms with van der Waals surface area (Å²) in [5, 5.41) is 5.88. The van der Waals surface area contributed by atoms with Crippen LogP contribution in [0.3, 0.4) is 0 Å². The van der Waals surface area contributed by atoms with E-state index in [2.05, 4.69) is 37.6 Å². The second-order valence-corrected chi connectivity index (χ2v) is 8.14. The Kier molecular flexibility index (Phi) is 4.09. The van der Waals surface area contributed by atoms with Crippen LogP contribution < -0.4 is 5.32 Å². The lowest BCUT2D eigenvalue weighted by molar-refractivity contribution is 0.0601. The molecule has 0 saturated carbocycles. The summed E-state index contributed by atoms with van der Waals surface area (Å²) in [5.41, 5.74) is 2.04. The summed E-state index contributed by atoms with van der Waals surface area (Å²) in [6.45, 7) is 6.14. The van der Waals surface area contributed by atoms with Gasteiger partial charge in [-0.3, -0.25) is 4.90 Å². The monoisotopic (exact) mass is 328 g/mol. The molecule has 1 unspecified atom stereocenters. The lowest BCUT2D eigenvalue weighted by Crippen LogP contribution is -2.50. The van der Waals surface area contributed by atoms with Gasteiger partial charge in [-0.1, -0.05) is 0 Å². The van der Waals surface area contributed by atoms with Gasteiger partial charge in [0.15, 0.2) is 0 Å². The molecular formula is C14H21BrN2S. The van der Waals surface area contributed by atoms with Crippen LogP contribution in [-0.4, -0.2) is 31.1 Å². The molecule has 1 aromatic rings. The first-order valence-electron chi connectivity index (χ1n) is 6.92. The highest BCUT2D eigenvalue weighted by molar-refractivity contribution is 9.11. The molecule has 0 aliphatic carbocycles. The Morgan fingerprint density at radius 3 is 3.00 bits per heavy atom. The van der Waals surface area contributed by atoms with Gasteiger partial charge in [0.1, 0.15) is 0 Å². The number of hydrogen-bond donors (Lipinski definition) is 1. The highest BCUT2D eigenvalue weighted by Crippen LogP contribution is 2.36. The van der Waals surface area contributed by atoms with Crippen molar-refractivity contribution >= 4 is 27.3 Å². The molecule has 2 fully saturated rings. The highest BCUT2D eigenvalue weighted by Gasteiger charge is 2.36. The number of rotatable bonds is 2. The summed E-state index contributed by atoms with van der Waals surface area (Å²) in [5.74, 6) is 0. The standard InChI is InChI=1S/C14H21BrN2S/c15-13-7-12(9-18-13)8-17-6-2-4-14(11-17)3-1-5-16-10-14/h7,9,16H,1-6,8,10-11H2. The number of piperidine rings is 2. The average Bonchev–Trinajstić information content (AvgIpc) is 2.76. The zero-order valence-corrected chi connectivity index (χ0v) is 13.2. The second-order valence-electron chi connectivity index (χ2n) is 5.85. The van der Waals surface area contributed by atoms with Crippen LogP contribution in [0.1, 0.15) is 31.2 Å². The summed E-state index contributed by atoms with van der Waals surface area (Å²) in [6.07, 6.45) is 5.57. The Morgan fingerprint density at radius 1 is 1.39 bits per heavy atom. The van der Waals surface area contributed by atoms with Gasteiger partial charge in [-0.15, -0.1) is 11.3 Å². The number of hydrogen-bond acceptors (Lipinski definition) is 3. The normalized spacial score (nSPS) is 29.8. The molecule has 0 aromatic carbocycles. The molecule has 2 aliphatic rings. The Bertz CT molecular complexity index is 393. The summed E-state index contributed by atoms with van der Waals surface area (Å²) >= 11 is 5.35. The Labute approximate surface area is 122 Å². The Balaban J connectivity index is 1.63. The van der Waals surface area contributed by atoms with Crippen molar-refractivity contribution in [1.29, 1.82) is 0 Å². The minimum absolute atomic E-state index is 0.573. The molecule has 0 radical (unpaired) electrons. The van der Waals surface area contributed by atoms with E-state index in [0.29, 0.717) is 5.41 Å². The number of nitrogens with one attached hydrogen (secondary N) is 1. The van der Waals surface area contributed by atoms with Crippen molar-refractivity contribution in [2.24, 2.45) is 5.41 Å². The SMILES string of the molecule is Brc1cc(CN2CCCC3(CCCNC3)C2)cs1. The summed E-state index contributed by atoms with van der Waals surface area (Å²) in [4.78, 5) is 2.66. The van der Waals surface area contributed by atoms with Gasteiger partial charge in [0.05, 0.1) is 3.79 Å². The number of thiophene rings is 1. The first kappa shape index (κ1) is 13.1. The maximum Gasteiger partial charge on any atom is 0.0701 e. The van der Waals surface area contributed by atoms with Crippen molar-refractivity contribution in [3.63, 3.8) is 0 Å². The van der Waals surface area contributed by atoms with Gasteiger partial charge in [0, 0.05) is 19.6 Å². The van der Waals surface area contributed by atoms with Crippen molar-refractivity contribution in [3.05, 3.63) is 20.8 Å². The van der Waals surface area contributed by atoms with Gasteiger partial charge in [-0.2, -0.15) is 0 Å². The third-order valence-electron chi connectivity index (χ3n) is 4.33. The van der Waals surface area contributed by atoms with Gasteiger partial charge in [0.2, 0.25) is 0 Å². The quantitative estimate of drug-likeness (QED) is 0.894. The topological polar surface area (TPSA) is 15.3 Å². The third-order valence-corrected chi connectivity index (χ3v) is 5.88. The largest absolute Gasteiger partial charge is 0.316 e. The predicted molar refractivity (Wildman–Crippen MR) is 81.1 cm³/mol. The van der Waals surface area contributed by atoms with Crippen LogP contribution in [0.15, 0.2) is 15.2 Å². The molecule has 3 heterocycles. The van der Waals surface area contributed by atoms with Gasteiger partial charge < -0.3 is 5.32 Å². The molecule has 1 aromatic heterocycles. The third kappa shape index (κ3) is 2.98. The lowest BCUT2D eigenvalue weighted by Gasteiger charge is -2.45. The fourth-order valence-corrected chi connectivity index (χ4v) is 4.71. The number of nitrogens with zero attached hydrogens (tertiary/aromatic N) is 1. The molecule has 2 nitrogen and oxygen atoms in total. The molecule has 0 amide bonds. The Hall–Kier alpha value is 0.1000. The van der Waals surface area contributed by atoms with Crippen molar-refractivity contribution in [1.82, 2.24) is 10.2 Å². The summed E-state index contributed by atoms with van der Waals surface area (Å²) in [6, 6.07) is 2.27. The fourth-order valence-electron chi connectivity index (χ4n) is 3.51. The Morgan fingerprint density at radius 2 is 2.28 bits per heavy atom. The number of halogens is 1. The molecule has 0 bridgehead atoms. The van der Waals surface area contributed by atoms with Crippen molar-refractivity contribution in [2.45, 2.75) is 32.2 Å². The van der Waals surface area contributed by atoms with Crippen molar-refractivity contribution in [3.8, 4) is 0 Å². The average molecular weight is 329 g/mol. The first-order valence-corrected chi connectivity index (χ1v) is 8.59. The van der Waals surface area contributed by atoms with Gasteiger partial charge in [0.25, 0.3) is 0 Å². The van der Waals surface area contributed by atoms with Crippen molar-refractivity contribution < 1.29 is 0 Å². The van der Waals surface area contributed by atoms with E-state index in [1.165, 1.54) is 61.2 Å². The van der Waals surface area contributed by atoms with E-state index in [9.17, 15) is 0 Å². The molecule has 1 spiro atoms. The van der Waals surface area contributed by atoms with Gasteiger partial charge in [-0.05, 0) is 77.1 Å². The minimum atomic E-state index is 0.573. The smallest absolute Gasteiger partial charge is 0.0701 e. The zero-order valence-electron chi connectivity index (χ0n) is 10.8. The van der Waals surface area contributed by atoms with Crippen LogP contribution in [0, 0.1) is 5.41 Å². The van der Waals surface area contributed by atoms with E-state index in [1.807, 2.05) is 0 Å². The van der Waals surface area contributed by atoms with Crippen LogP contribution in [-0.2, 0) is 6.54 Å². The molecule has 18 heavy (non-hydrogen) atoms. The molecule has 1 N–H and O–H groups in total. The highest BCUT2D eigenvalue weighted by atomic mass is 79.9. The molecule has 2 aliphatic heterocycles. The van der Waals surface area contributed by atoms with Gasteiger partial charge in [-0.25, -0.2) is 0 Å². The fraction of sp³-hybridized carbons (Fsp3) is 0.714. The van der Waals surface area contributed by atoms with Gasteiger partial charge >= 0.3 is 0 Å². The van der Waals surface area contributed by atoms with E-state index in [0.717, 1.165) is 6.54 Å². The van der Waals surface area contributed by atoms with Crippen LogP contribution in [0.25, 0.3) is 0 Å². The van der Waals surface area contributed by atoms with E-state index < -0.39 is 0 Å². The van der Waals surface area contributed by atoms with Crippen LogP contribution in [0.2, 0.25) is 0 Å². The summed E-state index contributed by atoms with van der Waals surface area (Å²) < 4.78 is 1.25. The molecule has 1 atom stereocenters. The van der Waals surface area contributed by atoms with E-state index in [1.54, 1.807) is 11.3 Å². The molecule has 3 rings (SSSR count). The lowest BCUT2D eigenvalue weighted by atomic mass is 9.74. The second kappa shape index (κ2) is 5.61. The zero-order chi connectivity index (χ0) is 12.4. The summed E-state index contributed by atoms with van der Waals surface area (Å²) in [7, 11) is 0. The minimum Gasteiger partial charge on any atom is -0.316 e.